The van der Waals surface area contributed by atoms with Gasteiger partial charge in [0, 0.05) is 42.1 Å². The Labute approximate surface area is 191 Å². The van der Waals surface area contributed by atoms with E-state index in [1.807, 2.05) is 0 Å². The molecule has 1 saturated heterocycles. The van der Waals surface area contributed by atoms with Gasteiger partial charge in [-0.15, -0.1) is 0 Å². The molecule has 1 heterocycles. The van der Waals surface area contributed by atoms with Gasteiger partial charge < -0.3 is 19.6 Å². The maximum atomic E-state index is 13.2. The molecule has 2 aromatic rings. The fourth-order valence-electron chi connectivity index (χ4n) is 3.99. The van der Waals surface area contributed by atoms with Gasteiger partial charge in [-0.1, -0.05) is 28.1 Å². The minimum Gasteiger partial charge on any atom is -0.497 e. The fourth-order valence-corrected chi connectivity index (χ4v) is 4.48. The van der Waals surface area contributed by atoms with Crippen LogP contribution in [0.3, 0.4) is 0 Å². The van der Waals surface area contributed by atoms with E-state index in [4.69, 9.17) is 4.74 Å². The van der Waals surface area contributed by atoms with Crippen molar-refractivity contribution in [3.05, 3.63) is 63.6 Å². The molecule has 0 saturated carbocycles. The second kappa shape index (κ2) is 9.40. The Bertz CT molecular complexity index is 998. The number of nitrogens with zero attached hydrogens (tertiary/aromatic N) is 2. The minimum absolute atomic E-state index is 0.0941. The molecule has 2 atom stereocenters. The van der Waals surface area contributed by atoms with Crippen molar-refractivity contribution >= 4 is 27.9 Å². The summed E-state index contributed by atoms with van der Waals surface area (Å²) in [7, 11) is 3.07. The van der Waals surface area contributed by atoms with E-state index in [1.165, 1.54) is 30.0 Å². The van der Waals surface area contributed by atoms with Crippen molar-refractivity contribution in [1.29, 1.82) is 0 Å². The number of hydrogen-bond donors (Lipinski definition) is 1. The number of carbonyl (C=O) groups excluding carboxylic acids is 1. The average Bonchev–Trinajstić information content (AvgIpc) is 2.76. The summed E-state index contributed by atoms with van der Waals surface area (Å²) < 4.78 is 45.0. The summed E-state index contributed by atoms with van der Waals surface area (Å²) in [6.07, 6.45) is -5.29. The van der Waals surface area contributed by atoms with Gasteiger partial charge in [-0.25, -0.2) is 4.79 Å². The number of halogens is 4. The third-order valence-electron chi connectivity index (χ3n) is 5.68. The van der Waals surface area contributed by atoms with E-state index in [2.05, 4.69) is 15.9 Å². The maximum absolute atomic E-state index is 13.2. The standard InChI is InChI=1S/C22H22BrF3N2O4/c1-27(20(29)14-9-15(22(24,25)26)11-16(23)10-14)19-7-8-28(21(30)31)12-18(19)13-3-5-17(32-2)6-4-13/h3-6,9-11,18-19H,7-8,12H2,1-2H3,(H,30,31)/t18-,19+/m0/s1. The van der Waals surface area contributed by atoms with E-state index in [1.54, 1.807) is 24.3 Å². The highest BCUT2D eigenvalue weighted by molar-refractivity contribution is 9.10. The molecule has 0 radical (unpaired) electrons. The molecule has 0 aliphatic carbocycles. The summed E-state index contributed by atoms with van der Waals surface area (Å²) in [4.78, 5) is 27.4. The first-order valence-electron chi connectivity index (χ1n) is 9.78. The van der Waals surface area contributed by atoms with Crippen LogP contribution in [0.15, 0.2) is 46.9 Å². The summed E-state index contributed by atoms with van der Waals surface area (Å²) in [6.45, 7) is 0.382. The Hall–Kier alpha value is -2.75. The van der Waals surface area contributed by atoms with E-state index in [0.717, 1.165) is 17.7 Å². The number of piperidine rings is 1. The summed E-state index contributed by atoms with van der Waals surface area (Å²) in [5, 5.41) is 9.45. The van der Waals surface area contributed by atoms with E-state index in [-0.39, 0.29) is 29.0 Å². The van der Waals surface area contributed by atoms with E-state index in [9.17, 15) is 27.9 Å². The number of carbonyl (C=O) groups is 2. The monoisotopic (exact) mass is 514 g/mol. The first-order chi connectivity index (χ1) is 15.0. The predicted molar refractivity (Wildman–Crippen MR) is 115 cm³/mol. The molecule has 0 aromatic heterocycles. The van der Waals surface area contributed by atoms with Crippen molar-refractivity contribution < 1.29 is 32.6 Å². The number of rotatable bonds is 4. The molecular weight excluding hydrogens is 493 g/mol. The zero-order chi connectivity index (χ0) is 23.6. The molecule has 1 N–H and O–H groups in total. The number of ether oxygens (including phenoxy) is 1. The zero-order valence-corrected chi connectivity index (χ0v) is 19.0. The van der Waals surface area contributed by atoms with Crippen molar-refractivity contribution in [2.24, 2.45) is 0 Å². The van der Waals surface area contributed by atoms with Gasteiger partial charge in [0.15, 0.2) is 0 Å². The van der Waals surface area contributed by atoms with Crippen LogP contribution in [0.5, 0.6) is 5.75 Å². The van der Waals surface area contributed by atoms with Gasteiger partial charge in [0.1, 0.15) is 5.75 Å². The number of likely N-dealkylation sites (tertiary alicyclic amines) is 1. The Morgan fingerprint density at radius 3 is 2.41 bits per heavy atom. The molecule has 0 unspecified atom stereocenters. The molecular formula is C22H22BrF3N2O4. The highest BCUT2D eigenvalue weighted by atomic mass is 79.9. The lowest BCUT2D eigenvalue weighted by molar-refractivity contribution is -0.137. The molecule has 10 heteroatoms. The lowest BCUT2D eigenvalue weighted by Gasteiger charge is -2.42. The number of methoxy groups -OCH3 is 1. The molecule has 1 aliphatic heterocycles. The molecule has 0 bridgehead atoms. The van der Waals surface area contributed by atoms with Crippen molar-refractivity contribution in [2.75, 3.05) is 27.2 Å². The molecule has 2 amide bonds. The van der Waals surface area contributed by atoms with Crippen LogP contribution < -0.4 is 4.74 Å². The van der Waals surface area contributed by atoms with Gasteiger partial charge in [-0.05, 0) is 42.3 Å². The van der Waals surface area contributed by atoms with Crippen LogP contribution in [0.2, 0.25) is 0 Å². The smallest absolute Gasteiger partial charge is 0.416 e. The summed E-state index contributed by atoms with van der Waals surface area (Å²) in [6, 6.07) is 9.81. The number of amides is 2. The van der Waals surface area contributed by atoms with Gasteiger partial charge in [-0.2, -0.15) is 13.2 Å². The van der Waals surface area contributed by atoms with Gasteiger partial charge in [0.25, 0.3) is 5.91 Å². The predicted octanol–water partition coefficient (Wildman–Crippen LogP) is 5.08. The zero-order valence-electron chi connectivity index (χ0n) is 17.4. The minimum atomic E-state index is -4.59. The van der Waals surface area contributed by atoms with E-state index in [0.29, 0.717) is 12.2 Å². The lowest BCUT2D eigenvalue weighted by atomic mass is 9.85. The van der Waals surface area contributed by atoms with Crippen molar-refractivity contribution in [1.82, 2.24) is 9.80 Å². The second-order valence-corrected chi connectivity index (χ2v) is 8.52. The van der Waals surface area contributed by atoms with Crippen LogP contribution in [0.25, 0.3) is 0 Å². The van der Waals surface area contributed by atoms with Gasteiger partial charge in [0.2, 0.25) is 0 Å². The van der Waals surface area contributed by atoms with Crippen LogP contribution >= 0.6 is 15.9 Å². The van der Waals surface area contributed by atoms with E-state index < -0.39 is 29.8 Å². The third kappa shape index (κ3) is 5.17. The molecule has 3 rings (SSSR count). The molecule has 32 heavy (non-hydrogen) atoms. The second-order valence-electron chi connectivity index (χ2n) is 7.61. The summed E-state index contributed by atoms with van der Waals surface area (Å²) in [5.74, 6) is -0.285. The highest BCUT2D eigenvalue weighted by Gasteiger charge is 2.37. The topological polar surface area (TPSA) is 70.1 Å². The average molecular weight is 515 g/mol. The number of alkyl halides is 3. The quantitative estimate of drug-likeness (QED) is 0.617. The number of carboxylic acid groups (broad SMARTS) is 1. The molecule has 1 fully saturated rings. The molecule has 2 aromatic carbocycles. The Morgan fingerprint density at radius 1 is 1.19 bits per heavy atom. The van der Waals surface area contributed by atoms with Gasteiger partial charge >= 0.3 is 12.3 Å². The highest BCUT2D eigenvalue weighted by Crippen LogP contribution is 2.35. The van der Waals surface area contributed by atoms with Crippen LogP contribution in [-0.2, 0) is 6.18 Å². The number of hydrogen-bond acceptors (Lipinski definition) is 3. The number of likely N-dealkylation sites (N-methyl/N-ethyl adjacent to an activating group) is 1. The fraction of sp³-hybridized carbons (Fsp3) is 0.364. The maximum Gasteiger partial charge on any atom is 0.416 e. The molecule has 1 aliphatic rings. The first-order valence-corrected chi connectivity index (χ1v) is 10.6. The number of benzene rings is 2. The van der Waals surface area contributed by atoms with Crippen molar-refractivity contribution in [2.45, 2.75) is 24.6 Å². The van der Waals surface area contributed by atoms with Crippen molar-refractivity contribution in [3.63, 3.8) is 0 Å². The van der Waals surface area contributed by atoms with Gasteiger partial charge in [-0.3, -0.25) is 4.79 Å². The molecule has 0 spiro atoms. The lowest BCUT2D eigenvalue weighted by Crippen LogP contribution is -2.51. The molecule has 6 nitrogen and oxygen atoms in total. The molecule has 172 valence electrons. The van der Waals surface area contributed by atoms with Crippen LogP contribution in [-0.4, -0.2) is 60.2 Å². The van der Waals surface area contributed by atoms with E-state index >= 15 is 0 Å². The Balaban J connectivity index is 1.93. The summed E-state index contributed by atoms with van der Waals surface area (Å²) >= 11 is 3.05. The van der Waals surface area contributed by atoms with Crippen LogP contribution in [0.4, 0.5) is 18.0 Å². The SMILES string of the molecule is COc1ccc([C@@H]2CN(C(=O)O)CC[C@H]2N(C)C(=O)c2cc(Br)cc(C(F)(F)F)c2)cc1. The summed E-state index contributed by atoms with van der Waals surface area (Å²) in [5.41, 5.74) is -0.203. The Morgan fingerprint density at radius 2 is 1.84 bits per heavy atom. The van der Waals surface area contributed by atoms with Gasteiger partial charge in [0.05, 0.1) is 12.7 Å². The third-order valence-corrected chi connectivity index (χ3v) is 6.14. The van der Waals surface area contributed by atoms with Crippen molar-refractivity contribution in [3.8, 4) is 5.75 Å². The Kier molecular flexibility index (Phi) is 7.02. The largest absolute Gasteiger partial charge is 0.497 e. The first kappa shape index (κ1) is 23.9. The normalized spacial score (nSPS) is 18.9. The van der Waals surface area contributed by atoms with Crippen LogP contribution in [0, 0.1) is 0 Å². The van der Waals surface area contributed by atoms with Crippen LogP contribution in [0.1, 0.15) is 33.8 Å².